The summed E-state index contributed by atoms with van der Waals surface area (Å²) >= 11 is 1.12. The monoisotopic (exact) mass is 477 g/mol. The summed E-state index contributed by atoms with van der Waals surface area (Å²) in [5.41, 5.74) is 1.76. The number of aliphatic hydroxyl groups is 1. The molecular weight excluding hydrogens is 442 g/mol. The zero-order valence-corrected chi connectivity index (χ0v) is 21.1. The maximum Gasteiger partial charge on any atom is 0.211 e. The van der Waals surface area contributed by atoms with Crippen LogP contribution in [0.15, 0.2) is 60.7 Å². The Bertz CT molecular complexity index is 948. The molecule has 2 aromatic carbocycles. The van der Waals surface area contributed by atoms with Crippen LogP contribution in [0.5, 0.6) is 0 Å². The summed E-state index contributed by atoms with van der Waals surface area (Å²) in [4.78, 5) is 13.1. The Kier molecular flexibility index (Phi) is 9.95. The van der Waals surface area contributed by atoms with Gasteiger partial charge in [-0.1, -0.05) is 93.2 Å². The van der Waals surface area contributed by atoms with Crippen LogP contribution in [0.25, 0.3) is 0 Å². The number of thioether (sulfide) groups is 1. The van der Waals surface area contributed by atoms with E-state index in [9.17, 15) is 18.3 Å². The molecule has 0 spiro atoms. The lowest BCUT2D eigenvalue weighted by atomic mass is 9.97. The van der Waals surface area contributed by atoms with E-state index in [1.54, 1.807) is 6.92 Å². The minimum absolute atomic E-state index is 0.132. The van der Waals surface area contributed by atoms with E-state index >= 15 is 0 Å². The molecule has 32 heavy (non-hydrogen) atoms. The Hall–Kier alpha value is -1.67. The molecule has 1 N–H and O–H groups in total. The second-order valence-electron chi connectivity index (χ2n) is 8.79. The van der Waals surface area contributed by atoms with Crippen LogP contribution in [0.3, 0.4) is 0 Å². The van der Waals surface area contributed by atoms with Crippen LogP contribution in [0.1, 0.15) is 50.5 Å². The van der Waals surface area contributed by atoms with E-state index in [4.69, 9.17) is 0 Å². The Morgan fingerprint density at radius 2 is 1.50 bits per heavy atom. The summed E-state index contributed by atoms with van der Waals surface area (Å²) < 4.78 is 27.0. The summed E-state index contributed by atoms with van der Waals surface area (Å²) in [6.07, 6.45) is 1.02. The minimum atomic E-state index is -3.54. The summed E-state index contributed by atoms with van der Waals surface area (Å²) in [5, 5.41) is 9.93. The van der Waals surface area contributed by atoms with Crippen molar-refractivity contribution >= 4 is 26.9 Å². The van der Waals surface area contributed by atoms with Gasteiger partial charge in [0.05, 0.1) is 23.5 Å². The van der Waals surface area contributed by atoms with Gasteiger partial charge in [0.1, 0.15) is 0 Å². The number of hydrogen-bond donors (Lipinski definition) is 1. The lowest BCUT2D eigenvalue weighted by Gasteiger charge is -2.33. The molecule has 0 unspecified atom stereocenters. The molecule has 0 aliphatic carbocycles. The fourth-order valence-electron chi connectivity index (χ4n) is 3.64. The topological polar surface area (TPSA) is 74.7 Å². The fraction of sp³-hybridized carbons (Fsp3) is 0.480. The SMILES string of the molecule is CC(C)C[C@H](O)[C@H](C)C(=O)S[C@@H](c1ccccc1)[C@@H](C)N(Cc1ccccc1)S(C)(=O)=O. The molecule has 0 aliphatic rings. The van der Waals surface area contributed by atoms with Gasteiger partial charge >= 0.3 is 0 Å². The number of hydrogen-bond acceptors (Lipinski definition) is 5. The lowest BCUT2D eigenvalue weighted by Crippen LogP contribution is -2.40. The second kappa shape index (κ2) is 12.0. The van der Waals surface area contributed by atoms with Crippen LogP contribution in [0, 0.1) is 11.8 Å². The number of carbonyl (C=O) groups excluding carboxylic acids is 1. The largest absolute Gasteiger partial charge is 0.392 e. The molecule has 0 saturated heterocycles. The lowest BCUT2D eigenvalue weighted by molar-refractivity contribution is -0.117. The summed E-state index contributed by atoms with van der Waals surface area (Å²) in [6, 6.07) is 18.5. The van der Waals surface area contributed by atoms with Crippen molar-refractivity contribution in [3.05, 3.63) is 71.8 Å². The highest BCUT2D eigenvalue weighted by atomic mass is 32.2. The summed E-state index contributed by atoms with van der Waals surface area (Å²) in [6.45, 7) is 7.83. The molecule has 0 fully saturated rings. The van der Waals surface area contributed by atoms with E-state index in [1.165, 1.54) is 10.6 Å². The summed E-state index contributed by atoms with van der Waals surface area (Å²) in [5.74, 6) is -0.262. The first-order chi connectivity index (χ1) is 15.0. The van der Waals surface area contributed by atoms with Crippen LogP contribution < -0.4 is 0 Å². The number of sulfonamides is 1. The van der Waals surface area contributed by atoms with Crippen molar-refractivity contribution in [3.63, 3.8) is 0 Å². The summed E-state index contributed by atoms with van der Waals surface area (Å²) in [7, 11) is -3.54. The number of rotatable bonds is 11. The highest BCUT2D eigenvalue weighted by Gasteiger charge is 2.35. The Morgan fingerprint density at radius 1 is 0.969 bits per heavy atom. The molecule has 0 amide bonds. The first kappa shape index (κ1) is 26.6. The van der Waals surface area contributed by atoms with E-state index in [0.717, 1.165) is 22.9 Å². The highest BCUT2D eigenvalue weighted by Crippen LogP contribution is 2.38. The predicted octanol–water partition coefficient (Wildman–Crippen LogP) is 4.88. The molecule has 2 aromatic rings. The standard InChI is InChI=1S/C25H35NO4S2/c1-18(2)16-23(27)19(3)25(28)31-24(22-14-10-7-11-15-22)20(4)26(32(5,29)30)17-21-12-8-6-9-13-21/h6-15,18-20,23-24,27H,16-17H2,1-5H3/t19-,20+,23-,24+/m0/s1. The van der Waals surface area contributed by atoms with Gasteiger partial charge in [0, 0.05) is 12.6 Å². The second-order valence-corrected chi connectivity index (χ2v) is 11.9. The van der Waals surface area contributed by atoms with Crippen molar-refractivity contribution in [1.29, 1.82) is 0 Å². The van der Waals surface area contributed by atoms with Crippen molar-refractivity contribution in [2.24, 2.45) is 11.8 Å². The van der Waals surface area contributed by atoms with Gasteiger partial charge in [0.25, 0.3) is 0 Å². The molecule has 0 radical (unpaired) electrons. The van der Waals surface area contributed by atoms with E-state index in [1.807, 2.05) is 81.4 Å². The van der Waals surface area contributed by atoms with Gasteiger partial charge < -0.3 is 5.11 Å². The first-order valence-electron chi connectivity index (χ1n) is 10.9. The van der Waals surface area contributed by atoms with Gasteiger partial charge in [-0.2, -0.15) is 4.31 Å². The Labute approximate surface area is 197 Å². The molecule has 0 aliphatic heterocycles. The van der Waals surface area contributed by atoms with Gasteiger partial charge in [-0.05, 0) is 30.4 Å². The molecule has 0 saturated carbocycles. The van der Waals surface area contributed by atoms with Gasteiger partial charge in [-0.25, -0.2) is 8.42 Å². The number of aliphatic hydroxyl groups excluding tert-OH is 1. The number of nitrogens with zero attached hydrogens (tertiary/aromatic N) is 1. The highest BCUT2D eigenvalue weighted by molar-refractivity contribution is 8.13. The van der Waals surface area contributed by atoms with Crippen molar-refractivity contribution in [2.45, 2.75) is 58.1 Å². The van der Waals surface area contributed by atoms with Crippen LogP contribution in [-0.2, 0) is 21.4 Å². The predicted molar refractivity (Wildman–Crippen MR) is 133 cm³/mol. The average molecular weight is 478 g/mol. The van der Waals surface area contributed by atoms with E-state index in [2.05, 4.69) is 0 Å². The van der Waals surface area contributed by atoms with Crippen LogP contribution in [-0.4, -0.2) is 41.3 Å². The third-order valence-corrected chi connectivity index (χ3v) is 8.37. The van der Waals surface area contributed by atoms with Crippen LogP contribution in [0.2, 0.25) is 0 Å². The van der Waals surface area contributed by atoms with Crippen molar-refractivity contribution in [3.8, 4) is 0 Å². The van der Waals surface area contributed by atoms with Crippen molar-refractivity contribution in [1.82, 2.24) is 4.31 Å². The van der Waals surface area contributed by atoms with E-state index < -0.39 is 33.3 Å². The molecule has 7 heteroatoms. The number of carbonyl (C=O) groups is 1. The molecule has 0 bridgehead atoms. The molecule has 176 valence electrons. The molecular formula is C25H35NO4S2. The smallest absolute Gasteiger partial charge is 0.211 e. The maximum absolute atomic E-state index is 13.1. The van der Waals surface area contributed by atoms with Crippen molar-refractivity contribution < 1.29 is 18.3 Å². The van der Waals surface area contributed by atoms with Crippen LogP contribution >= 0.6 is 11.8 Å². The van der Waals surface area contributed by atoms with Gasteiger partial charge in [0.15, 0.2) is 5.12 Å². The Morgan fingerprint density at radius 3 is 2.00 bits per heavy atom. The molecule has 0 aromatic heterocycles. The molecule has 2 rings (SSSR count). The van der Waals surface area contributed by atoms with E-state index in [-0.39, 0.29) is 17.6 Å². The molecule has 4 atom stereocenters. The van der Waals surface area contributed by atoms with E-state index in [0.29, 0.717) is 6.42 Å². The molecule has 0 heterocycles. The zero-order valence-electron chi connectivity index (χ0n) is 19.5. The Balaban J connectivity index is 2.35. The quantitative estimate of drug-likeness (QED) is 0.499. The molecule has 5 nitrogen and oxygen atoms in total. The van der Waals surface area contributed by atoms with Crippen molar-refractivity contribution in [2.75, 3.05) is 6.26 Å². The van der Waals surface area contributed by atoms with Gasteiger partial charge in [0.2, 0.25) is 10.0 Å². The fourth-order valence-corrected chi connectivity index (χ4v) is 6.09. The third kappa shape index (κ3) is 7.73. The minimum Gasteiger partial charge on any atom is -0.392 e. The maximum atomic E-state index is 13.1. The number of benzene rings is 2. The normalized spacial score (nSPS) is 16.0. The average Bonchev–Trinajstić information content (AvgIpc) is 2.74. The third-order valence-electron chi connectivity index (χ3n) is 5.53. The first-order valence-corrected chi connectivity index (χ1v) is 13.7. The van der Waals surface area contributed by atoms with Gasteiger partial charge in [-0.15, -0.1) is 0 Å². The van der Waals surface area contributed by atoms with Crippen LogP contribution in [0.4, 0.5) is 0 Å². The van der Waals surface area contributed by atoms with Gasteiger partial charge in [-0.3, -0.25) is 4.79 Å². The zero-order chi connectivity index (χ0) is 23.9.